The molecule has 2 heteroatoms. The smallest absolute Gasteiger partial charge is 0.0412 e. The van der Waals surface area contributed by atoms with Gasteiger partial charge in [0.15, 0.2) is 0 Å². The number of halogens is 2. The van der Waals surface area contributed by atoms with Crippen LogP contribution in [0.25, 0.3) is 0 Å². The van der Waals surface area contributed by atoms with E-state index in [1.165, 1.54) is 5.54 Å². The molecule has 8 heavy (non-hydrogen) atoms. The molecule has 42 valence electrons. The second-order valence-electron chi connectivity index (χ2n) is 1.47. The second kappa shape index (κ2) is 2.38. The molecular weight excluding hydrogens is 143 g/mol. The Labute approximate surface area is 58.1 Å². The zero-order valence-electron chi connectivity index (χ0n) is 4.07. The third-order valence-electron chi connectivity index (χ3n) is 0.866. The lowest BCUT2D eigenvalue weighted by molar-refractivity contribution is 1.82. The van der Waals surface area contributed by atoms with Gasteiger partial charge in [-0.2, -0.15) is 0 Å². The lowest BCUT2D eigenvalue weighted by Gasteiger charge is -1.77. The van der Waals surface area contributed by atoms with Crippen molar-refractivity contribution in [3.05, 3.63) is 34.4 Å². The van der Waals surface area contributed by atoms with E-state index in [1.807, 2.05) is 6.08 Å². The largest absolute Gasteiger partial charge is 0.0923 e. The summed E-state index contributed by atoms with van der Waals surface area (Å²) in [6.45, 7) is 0. The summed E-state index contributed by atoms with van der Waals surface area (Å²) in [6.07, 6.45) is 5.46. The lowest BCUT2D eigenvalue weighted by Crippen LogP contribution is -1.57. The van der Waals surface area contributed by atoms with E-state index in [1.54, 1.807) is 12.2 Å². The Morgan fingerprint density at radius 1 is 1.38 bits per heavy atom. The van der Waals surface area contributed by atoms with Crippen molar-refractivity contribution in [1.29, 1.82) is 0 Å². The van der Waals surface area contributed by atoms with Crippen LogP contribution in [0.2, 0.25) is 0 Å². The average molecular weight is 147 g/mol. The molecule has 0 spiro atoms. The van der Waals surface area contributed by atoms with Crippen molar-refractivity contribution in [2.75, 3.05) is 0 Å². The minimum atomic E-state index is 0.733. The van der Waals surface area contributed by atoms with Crippen LogP contribution >= 0.6 is 23.2 Å². The van der Waals surface area contributed by atoms with Gasteiger partial charge in [-0.15, -0.1) is 0 Å². The summed E-state index contributed by atoms with van der Waals surface area (Å²) in [5.41, 5.74) is 2.45. The zero-order chi connectivity index (χ0) is 5.98. The molecule has 0 aromatic rings. The van der Waals surface area contributed by atoms with Crippen LogP contribution in [-0.4, -0.2) is 0 Å². The minimum absolute atomic E-state index is 0.733. The summed E-state index contributed by atoms with van der Waals surface area (Å²) >= 11 is 10.9. The van der Waals surface area contributed by atoms with Crippen molar-refractivity contribution < 1.29 is 0 Å². The highest BCUT2D eigenvalue weighted by molar-refractivity contribution is 6.32. The van der Waals surface area contributed by atoms with Gasteiger partial charge in [0.1, 0.15) is 0 Å². The van der Waals surface area contributed by atoms with Crippen LogP contribution in [0.15, 0.2) is 34.4 Å². The Morgan fingerprint density at radius 2 is 2.12 bits per heavy atom. The zero-order valence-corrected chi connectivity index (χ0v) is 5.58. The van der Waals surface area contributed by atoms with Crippen molar-refractivity contribution in [3.8, 4) is 0 Å². The maximum absolute atomic E-state index is 5.56. The molecule has 0 N–H and O–H groups in total. The molecule has 0 atom stereocenters. The first-order chi connectivity index (χ1) is 3.83. The van der Waals surface area contributed by atoms with E-state index in [-0.39, 0.29) is 0 Å². The molecule has 0 radical (unpaired) electrons. The van der Waals surface area contributed by atoms with E-state index in [2.05, 4.69) is 0 Å². The van der Waals surface area contributed by atoms with E-state index in [9.17, 15) is 0 Å². The molecule has 0 bridgehead atoms. The molecule has 0 nitrogen and oxygen atoms in total. The first-order valence-corrected chi connectivity index (χ1v) is 3.00. The Hall–Kier alpha value is -0.200. The SMILES string of the molecule is Cl/C=C1/C=CC(Cl)=C1. The lowest BCUT2D eigenvalue weighted by atomic mass is 10.3. The third kappa shape index (κ3) is 1.15. The number of allylic oxidation sites excluding steroid dienone is 5. The number of hydrogen-bond donors (Lipinski definition) is 0. The van der Waals surface area contributed by atoms with Gasteiger partial charge in [-0.05, 0) is 17.7 Å². The summed E-state index contributed by atoms with van der Waals surface area (Å²) in [4.78, 5) is 0. The van der Waals surface area contributed by atoms with Crippen molar-refractivity contribution in [2.45, 2.75) is 0 Å². The molecule has 0 amide bonds. The molecule has 0 unspecified atom stereocenters. The summed E-state index contributed by atoms with van der Waals surface area (Å²) in [5.74, 6) is 0. The molecule has 0 saturated heterocycles. The van der Waals surface area contributed by atoms with Crippen LogP contribution in [0.5, 0.6) is 0 Å². The molecular formula is C6H4Cl2. The Morgan fingerprint density at radius 3 is 2.38 bits per heavy atom. The molecule has 0 heterocycles. The van der Waals surface area contributed by atoms with Crippen molar-refractivity contribution in [2.24, 2.45) is 0 Å². The van der Waals surface area contributed by atoms with Gasteiger partial charge in [0, 0.05) is 10.6 Å². The molecule has 1 aliphatic carbocycles. The Bertz CT molecular complexity index is 175. The van der Waals surface area contributed by atoms with E-state index in [0.29, 0.717) is 0 Å². The molecule has 0 aliphatic heterocycles. The minimum Gasteiger partial charge on any atom is -0.0923 e. The highest BCUT2D eigenvalue weighted by atomic mass is 35.5. The predicted molar refractivity (Wildman–Crippen MR) is 37.0 cm³/mol. The fraction of sp³-hybridized carbons (Fsp3) is 0. The van der Waals surface area contributed by atoms with Crippen LogP contribution in [0.4, 0.5) is 0 Å². The fourth-order valence-corrected chi connectivity index (χ4v) is 0.824. The summed E-state index contributed by atoms with van der Waals surface area (Å²) in [5, 5.41) is 0.733. The van der Waals surface area contributed by atoms with Crippen LogP contribution in [0.3, 0.4) is 0 Å². The Balaban J connectivity index is 2.84. The number of hydrogen-bond acceptors (Lipinski definition) is 0. The van der Waals surface area contributed by atoms with E-state index >= 15 is 0 Å². The molecule has 0 aromatic carbocycles. The quantitative estimate of drug-likeness (QED) is 0.494. The summed E-state index contributed by atoms with van der Waals surface area (Å²) < 4.78 is 0. The monoisotopic (exact) mass is 146 g/mol. The molecule has 1 rings (SSSR count). The van der Waals surface area contributed by atoms with Crippen LogP contribution < -0.4 is 0 Å². The van der Waals surface area contributed by atoms with Gasteiger partial charge in [0.2, 0.25) is 0 Å². The van der Waals surface area contributed by atoms with Crippen molar-refractivity contribution >= 4 is 23.2 Å². The Kier molecular flexibility index (Phi) is 1.77. The van der Waals surface area contributed by atoms with Gasteiger partial charge < -0.3 is 0 Å². The standard InChI is InChI=1S/C6H4Cl2/c7-4-5-1-2-6(8)3-5/h1-4H/b5-4-. The third-order valence-corrected chi connectivity index (χ3v) is 1.35. The van der Waals surface area contributed by atoms with Crippen molar-refractivity contribution in [1.82, 2.24) is 0 Å². The van der Waals surface area contributed by atoms with Crippen LogP contribution in [0, 0.1) is 0 Å². The highest BCUT2D eigenvalue weighted by Crippen LogP contribution is 2.17. The fourth-order valence-electron chi connectivity index (χ4n) is 0.499. The predicted octanol–water partition coefficient (Wildman–Crippen LogP) is 2.80. The van der Waals surface area contributed by atoms with E-state index in [4.69, 9.17) is 23.2 Å². The molecule has 0 saturated carbocycles. The van der Waals surface area contributed by atoms with Gasteiger partial charge in [0.25, 0.3) is 0 Å². The topological polar surface area (TPSA) is 0 Å². The van der Waals surface area contributed by atoms with E-state index in [0.717, 1.165) is 10.6 Å². The van der Waals surface area contributed by atoms with Crippen LogP contribution in [0.1, 0.15) is 0 Å². The maximum Gasteiger partial charge on any atom is 0.0412 e. The first-order valence-electron chi connectivity index (χ1n) is 2.18. The molecule has 0 aromatic heterocycles. The van der Waals surface area contributed by atoms with Gasteiger partial charge >= 0.3 is 0 Å². The van der Waals surface area contributed by atoms with E-state index < -0.39 is 0 Å². The van der Waals surface area contributed by atoms with Crippen LogP contribution in [-0.2, 0) is 0 Å². The molecule has 0 fully saturated rings. The number of rotatable bonds is 0. The summed E-state index contributed by atoms with van der Waals surface area (Å²) in [6, 6.07) is 0. The average Bonchev–Trinajstić information content (AvgIpc) is 2.14. The summed E-state index contributed by atoms with van der Waals surface area (Å²) in [7, 11) is 0. The van der Waals surface area contributed by atoms with Gasteiger partial charge in [0.05, 0.1) is 0 Å². The van der Waals surface area contributed by atoms with Gasteiger partial charge in [-0.3, -0.25) is 0 Å². The van der Waals surface area contributed by atoms with Crippen molar-refractivity contribution in [3.63, 3.8) is 0 Å². The highest BCUT2D eigenvalue weighted by Gasteiger charge is 1.95. The normalized spacial score (nSPS) is 22.2. The van der Waals surface area contributed by atoms with Gasteiger partial charge in [-0.25, -0.2) is 0 Å². The second-order valence-corrected chi connectivity index (χ2v) is 2.13. The molecule has 1 aliphatic rings. The first kappa shape index (κ1) is 5.93. The van der Waals surface area contributed by atoms with Gasteiger partial charge in [-0.1, -0.05) is 29.3 Å². The maximum atomic E-state index is 5.56.